The minimum absolute atomic E-state index is 0.235. The quantitative estimate of drug-likeness (QED) is 0.636. The average Bonchev–Trinajstić information content (AvgIpc) is 3.11. The van der Waals surface area contributed by atoms with Crippen molar-refractivity contribution in [3.8, 4) is 0 Å². The van der Waals surface area contributed by atoms with Gasteiger partial charge in [0.2, 0.25) is 0 Å². The molecule has 0 aliphatic heterocycles. The Morgan fingerprint density at radius 3 is 2.73 bits per heavy atom. The van der Waals surface area contributed by atoms with Crippen LogP contribution in [0.25, 0.3) is 10.8 Å². The molecule has 3 unspecified atom stereocenters. The lowest BCUT2D eigenvalue weighted by Crippen LogP contribution is -2.43. The zero-order valence-electron chi connectivity index (χ0n) is 12.3. The number of allylic oxidation sites excluding steroid dienone is 2. The number of hydrogen-bond donors (Lipinski definition) is 0. The fraction of sp³-hybridized carbons (Fsp3) is 0.350. The van der Waals surface area contributed by atoms with E-state index in [9.17, 15) is 4.79 Å². The fourth-order valence-electron chi connectivity index (χ4n) is 5.05. The van der Waals surface area contributed by atoms with E-state index in [2.05, 4.69) is 30.4 Å². The molecule has 1 fully saturated rings. The van der Waals surface area contributed by atoms with Crippen molar-refractivity contribution in [2.45, 2.75) is 31.1 Å². The van der Waals surface area contributed by atoms with E-state index >= 15 is 0 Å². The van der Waals surface area contributed by atoms with E-state index in [-0.39, 0.29) is 5.41 Å². The highest BCUT2D eigenvalue weighted by Gasteiger charge is 2.55. The van der Waals surface area contributed by atoms with Crippen molar-refractivity contribution in [3.63, 3.8) is 0 Å². The zero-order valence-corrected chi connectivity index (χ0v) is 13.1. The summed E-state index contributed by atoms with van der Waals surface area (Å²) in [7, 11) is 0. The molecule has 110 valence electrons. The lowest BCUT2D eigenvalue weighted by atomic mass is 9.62. The molecule has 2 aromatic carbocycles. The highest BCUT2D eigenvalue weighted by Crippen LogP contribution is 2.57. The summed E-state index contributed by atoms with van der Waals surface area (Å²) in [6.07, 6.45) is 8.35. The fourth-order valence-corrected chi connectivity index (χ4v) is 5.23. The van der Waals surface area contributed by atoms with Gasteiger partial charge < -0.3 is 0 Å². The van der Waals surface area contributed by atoms with Crippen LogP contribution in [-0.2, 0) is 16.6 Å². The van der Waals surface area contributed by atoms with Crippen LogP contribution in [-0.4, -0.2) is 5.78 Å². The third-order valence-corrected chi connectivity index (χ3v) is 6.25. The molecule has 0 aromatic heterocycles. The maximum Gasteiger partial charge on any atom is 0.144 e. The van der Waals surface area contributed by atoms with Crippen molar-refractivity contribution in [3.05, 3.63) is 58.6 Å². The van der Waals surface area contributed by atoms with Crippen molar-refractivity contribution in [1.29, 1.82) is 0 Å². The maximum absolute atomic E-state index is 12.9. The van der Waals surface area contributed by atoms with Gasteiger partial charge in [-0.15, -0.1) is 0 Å². The van der Waals surface area contributed by atoms with Crippen LogP contribution in [0, 0.1) is 11.8 Å². The first-order chi connectivity index (χ1) is 10.7. The predicted octanol–water partition coefficient (Wildman–Crippen LogP) is 4.84. The van der Waals surface area contributed by atoms with Crippen molar-refractivity contribution in [1.82, 2.24) is 0 Å². The number of halogens is 1. The highest BCUT2D eigenvalue weighted by atomic mass is 35.5. The monoisotopic (exact) mass is 308 g/mol. The molecule has 3 aliphatic carbocycles. The Morgan fingerprint density at radius 2 is 1.95 bits per heavy atom. The summed E-state index contributed by atoms with van der Waals surface area (Å²) in [6.45, 7) is 0. The zero-order chi connectivity index (χ0) is 14.9. The number of Topliss-reactive ketones (excluding diaryl/α,β-unsaturated/α-hetero) is 1. The molecule has 5 rings (SSSR count). The topological polar surface area (TPSA) is 17.1 Å². The smallest absolute Gasteiger partial charge is 0.144 e. The SMILES string of the molecule is O=C1CCc2cc3cc(Cl)ccc3cc2C12CC1C=CC2C1. The Kier molecular flexibility index (Phi) is 2.48. The van der Waals surface area contributed by atoms with Crippen molar-refractivity contribution in [2.24, 2.45) is 11.8 Å². The highest BCUT2D eigenvalue weighted by molar-refractivity contribution is 6.31. The molecule has 3 aliphatic rings. The molecule has 0 amide bonds. The summed E-state index contributed by atoms with van der Waals surface area (Å²) in [5.74, 6) is 1.47. The maximum atomic E-state index is 12.9. The van der Waals surface area contributed by atoms with Crippen LogP contribution in [0.2, 0.25) is 5.02 Å². The first kappa shape index (κ1) is 12.9. The van der Waals surface area contributed by atoms with Crippen LogP contribution in [0.1, 0.15) is 30.4 Å². The lowest BCUT2D eigenvalue weighted by molar-refractivity contribution is -0.126. The van der Waals surface area contributed by atoms with Gasteiger partial charge in [0.05, 0.1) is 5.41 Å². The van der Waals surface area contributed by atoms with Gasteiger partial charge in [-0.2, -0.15) is 0 Å². The van der Waals surface area contributed by atoms with Crippen LogP contribution in [0.3, 0.4) is 0 Å². The summed E-state index contributed by atoms with van der Waals surface area (Å²) in [4.78, 5) is 12.9. The number of fused-ring (bicyclic) bond motifs is 6. The van der Waals surface area contributed by atoms with Gasteiger partial charge in [-0.05, 0) is 71.2 Å². The number of ketones is 1. The average molecular weight is 309 g/mol. The van der Waals surface area contributed by atoms with Gasteiger partial charge >= 0.3 is 0 Å². The summed E-state index contributed by atoms with van der Waals surface area (Å²) in [5.41, 5.74) is 2.42. The minimum Gasteiger partial charge on any atom is -0.299 e. The van der Waals surface area contributed by atoms with Gasteiger partial charge in [0.25, 0.3) is 0 Å². The molecule has 2 heteroatoms. The van der Waals surface area contributed by atoms with E-state index in [4.69, 9.17) is 11.6 Å². The molecule has 3 atom stereocenters. The standard InChI is InChI=1S/C20H17ClO/c21-17-5-2-13-10-18-14(8-15(13)9-17)3-6-19(22)20(18)11-12-1-4-16(20)7-12/h1-2,4-5,8-10,12,16H,3,6-7,11H2. The molecule has 2 bridgehead atoms. The molecule has 1 nitrogen and oxygen atoms in total. The summed E-state index contributed by atoms with van der Waals surface area (Å²) in [5, 5.41) is 3.16. The van der Waals surface area contributed by atoms with E-state index in [1.54, 1.807) is 0 Å². The third-order valence-electron chi connectivity index (χ3n) is 6.01. The first-order valence-corrected chi connectivity index (χ1v) is 8.49. The van der Waals surface area contributed by atoms with E-state index in [0.717, 1.165) is 24.3 Å². The van der Waals surface area contributed by atoms with Crippen LogP contribution in [0.15, 0.2) is 42.5 Å². The molecule has 0 saturated heterocycles. The van der Waals surface area contributed by atoms with Crippen LogP contribution in [0.5, 0.6) is 0 Å². The molecule has 1 saturated carbocycles. The Morgan fingerprint density at radius 1 is 1.05 bits per heavy atom. The predicted molar refractivity (Wildman–Crippen MR) is 89.3 cm³/mol. The second kappa shape index (κ2) is 4.23. The Balaban J connectivity index is 1.79. The number of rotatable bonds is 0. The molecule has 2 aromatic rings. The minimum atomic E-state index is -0.235. The molecule has 22 heavy (non-hydrogen) atoms. The second-order valence-electron chi connectivity index (χ2n) is 7.09. The Bertz CT molecular complexity index is 850. The molecule has 1 spiro atoms. The van der Waals surface area contributed by atoms with Crippen LogP contribution in [0.4, 0.5) is 0 Å². The van der Waals surface area contributed by atoms with Gasteiger partial charge in [0.1, 0.15) is 5.78 Å². The number of benzene rings is 2. The molecular formula is C20H17ClO. The van der Waals surface area contributed by atoms with Gasteiger partial charge in [-0.3, -0.25) is 4.79 Å². The van der Waals surface area contributed by atoms with E-state index in [0.29, 0.717) is 24.0 Å². The van der Waals surface area contributed by atoms with Crippen molar-refractivity contribution >= 4 is 28.2 Å². The first-order valence-electron chi connectivity index (χ1n) is 8.11. The third kappa shape index (κ3) is 1.53. The number of carbonyl (C=O) groups is 1. The van der Waals surface area contributed by atoms with E-state index in [1.165, 1.54) is 21.9 Å². The van der Waals surface area contributed by atoms with E-state index in [1.807, 2.05) is 12.1 Å². The van der Waals surface area contributed by atoms with Gasteiger partial charge in [-0.25, -0.2) is 0 Å². The van der Waals surface area contributed by atoms with E-state index < -0.39 is 0 Å². The van der Waals surface area contributed by atoms with Gasteiger partial charge in [-0.1, -0.05) is 35.9 Å². The molecule has 0 N–H and O–H groups in total. The molecule has 0 heterocycles. The van der Waals surface area contributed by atoms with Gasteiger partial charge in [0, 0.05) is 11.4 Å². The number of hydrogen-bond acceptors (Lipinski definition) is 1. The van der Waals surface area contributed by atoms with Crippen molar-refractivity contribution in [2.75, 3.05) is 0 Å². The van der Waals surface area contributed by atoms with Crippen molar-refractivity contribution < 1.29 is 4.79 Å². The Labute approximate surface area is 135 Å². The number of aryl methyl sites for hydroxylation is 1. The van der Waals surface area contributed by atoms with Gasteiger partial charge in [0.15, 0.2) is 0 Å². The second-order valence-corrected chi connectivity index (χ2v) is 7.52. The lowest BCUT2D eigenvalue weighted by Gasteiger charge is -2.39. The summed E-state index contributed by atoms with van der Waals surface area (Å²) in [6, 6.07) is 10.6. The largest absolute Gasteiger partial charge is 0.299 e. The number of carbonyl (C=O) groups excluding carboxylic acids is 1. The summed E-state index contributed by atoms with van der Waals surface area (Å²) >= 11 is 6.13. The molecule has 0 radical (unpaired) electrons. The molecular weight excluding hydrogens is 292 g/mol. The van der Waals surface area contributed by atoms with Crippen LogP contribution < -0.4 is 0 Å². The normalized spacial score (nSPS) is 32.1. The Hall–Kier alpha value is -1.60. The summed E-state index contributed by atoms with van der Waals surface area (Å²) < 4.78 is 0. The van der Waals surface area contributed by atoms with Crippen LogP contribution >= 0.6 is 11.6 Å².